The average molecular weight is 473 g/mol. The molecule has 3 aromatic carbocycles. The maximum atomic E-state index is 15.3. The van der Waals surface area contributed by atoms with E-state index in [9.17, 15) is 22.8 Å². The Morgan fingerprint density at radius 3 is 2.39 bits per heavy atom. The molecule has 0 radical (unpaired) electrons. The van der Waals surface area contributed by atoms with Crippen LogP contribution in [-0.4, -0.2) is 16.1 Å². The second kappa shape index (κ2) is 8.07. The number of nitriles is 1. The zero-order valence-electron chi connectivity index (χ0n) is 16.1. The van der Waals surface area contributed by atoms with Crippen LogP contribution in [0.5, 0.6) is 0 Å². The van der Waals surface area contributed by atoms with Crippen molar-refractivity contribution in [1.82, 2.24) is 4.98 Å². The summed E-state index contributed by atoms with van der Waals surface area (Å²) in [4.78, 5) is 26.6. The second-order valence-corrected chi connectivity index (χ2v) is 7.36. The molecule has 0 atom stereocenters. The van der Waals surface area contributed by atoms with Crippen LogP contribution in [0.3, 0.4) is 0 Å². The molecule has 0 fully saturated rings. The van der Waals surface area contributed by atoms with E-state index in [1.165, 1.54) is 18.2 Å². The molecule has 0 amide bonds. The standard InChI is InChI=1S/C23H9ClF4N2O3/c24-13-2-1-9(8-29)3-11(13)16-7-18(31)20-17(30-16)6-14(25)19(22(20)28)10-4-12(23(32)33)21(27)15(26)5-10/h1-7H,(H,30,31)(H,32,33). The fourth-order valence-corrected chi connectivity index (χ4v) is 3.66. The lowest BCUT2D eigenvalue weighted by atomic mass is 9.98. The van der Waals surface area contributed by atoms with Crippen LogP contribution < -0.4 is 5.43 Å². The molecule has 0 aliphatic carbocycles. The third-order valence-electron chi connectivity index (χ3n) is 4.94. The van der Waals surface area contributed by atoms with Gasteiger partial charge in [0, 0.05) is 16.7 Å². The summed E-state index contributed by atoms with van der Waals surface area (Å²) < 4.78 is 57.8. The van der Waals surface area contributed by atoms with E-state index < -0.39 is 56.7 Å². The summed E-state index contributed by atoms with van der Waals surface area (Å²) in [6.07, 6.45) is 0. The van der Waals surface area contributed by atoms with Crippen LogP contribution in [0.25, 0.3) is 33.3 Å². The van der Waals surface area contributed by atoms with Gasteiger partial charge in [-0.1, -0.05) is 11.6 Å². The lowest BCUT2D eigenvalue weighted by Gasteiger charge is -2.12. The molecule has 0 aliphatic rings. The van der Waals surface area contributed by atoms with Crippen LogP contribution in [0.2, 0.25) is 5.02 Å². The van der Waals surface area contributed by atoms with E-state index in [2.05, 4.69) is 4.98 Å². The van der Waals surface area contributed by atoms with Crippen LogP contribution in [0.15, 0.2) is 47.3 Å². The topological polar surface area (TPSA) is 93.9 Å². The van der Waals surface area contributed by atoms with Crippen LogP contribution in [-0.2, 0) is 0 Å². The van der Waals surface area contributed by atoms with Crippen molar-refractivity contribution in [3.8, 4) is 28.5 Å². The number of rotatable bonds is 3. The molecule has 1 aromatic heterocycles. The molecule has 4 rings (SSSR count). The lowest BCUT2D eigenvalue weighted by molar-refractivity contribution is 0.0690. The summed E-state index contributed by atoms with van der Waals surface area (Å²) in [5.74, 6) is -7.80. The Kier molecular flexibility index (Phi) is 5.39. The molecule has 1 heterocycles. The molecule has 4 aromatic rings. The fourth-order valence-electron chi connectivity index (χ4n) is 3.44. The number of halogens is 5. The number of pyridine rings is 1. The fraction of sp³-hybridized carbons (Fsp3) is 0. The number of fused-ring (bicyclic) bond motifs is 1. The van der Waals surface area contributed by atoms with Gasteiger partial charge in [-0.05, 0) is 42.0 Å². The molecule has 0 aliphatic heterocycles. The minimum atomic E-state index is -1.84. The number of H-pyrrole nitrogens is 1. The van der Waals surface area contributed by atoms with E-state index in [0.717, 1.165) is 12.1 Å². The second-order valence-electron chi connectivity index (χ2n) is 6.95. The van der Waals surface area contributed by atoms with Crippen LogP contribution in [0, 0.1) is 34.6 Å². The first kappa shape index (κ1) is 22.0. The number of aromatic amines is 1. The average Bonchev–Trinajstić information content (AvgIpc) is 2.75. The van der Waals surface area contributed by atoms with E-state index >= 15 is 4.39 Å². The van der Waals surface area contributed by atoms with Gasteiger partial charge in [-0.3, -0.25) is 4.79 Å². The van der Waals surface area contributed by atoms with Crippen molar-refractivity contribution < 1.29 is 27.5 Å². The number of carboxylic acid groups (broad SMARTS) is 1. The van der Waals surface area contributed by atoms with Crippen molar-refractivity contribution in [3.05, 3.63) is 92.1 Å². The van der Waals surface area contributed by atoms with E-state index in [4.69, 9.17) is 22.0 Å². The highest BCUT2D eigenvalue weighted by molar-refractivity contribution is 6.33. The van der Waals surface area contributed by atoms with Crippen molar-refractivity contribution in [2.45, 2.75) is 0 Å². The van der Waals surface area contributed by atoms with Gasteiger partial charge in [0.15, 0.2) is 17.1 Å². The molecule has 0 spiro atoms. The van der Waals surface area contributed by atoms with Crippen molar-refractivity contribution in [1.29, 1.82) is 5.26 Å². The largest absolute Gasteiger partial charge is 0.478 e. The van der Waals surface area contributed by atoms with Gasteiger partial charge in [0.2, 0.25) is 0 Å². The minimum absolute atomic E-state index is 0.0853. The first-order chi connectivity index (χ1) is 15.6. The summed E-state index contributed by atoms with van der Waals surface area (Å²) in [5.41, 5.74) is -3.22. The molecule has 10 heteroatoms. The highest BCUT2D eigenvalue weighted by Crippen LogP contribution is 2.34. The Bertz CT molecular complexity index is 1590. The molecule has 0 saturated carbocycles. The van der Waals surface area contributed by atoms with Crippen molar-refractivity contribution in [2.24, 2.45) is 0 Å². The number of carbonyl (C=O) groups is 1. The summed E-state index contributed by atoms with van der Waals surface area (Å²) >= 11 is 6.13. The number of aromatic nitrogens is 1. The van der Waals surface area contributed by atoms with Crippen LogP contribution >= 0.6 is 11.6 Å². The highest BCUT2D eigenvalue weighted by Gasteiger charge is 2.23. The normalized spacial score (nSPS) is 10.9. The quantitative estimate of drug-likeness (QED) is 0.377. The number of nitrogens with one attached hydrogen (secondary N) is 1. The summed E-state index contributed by atoms with van der Waals surface area (Å²) in [6.45, 7) is 0. The maximum absolute atomic E-state index is 15.3. The Balaban J connectivity index is 1.99. The van der Waals surface area contributed by atoms with E-state index in [-0.39, 0.29) is 27.4 Å². The van der Waals surface area contributed by atoms with Crippen molar-refractivity contribution in [2.75, 3.05) is 0 Å². The van der Waals surface area contributed by atoms with Gasteiger partial charge in [0.25, 0.3) is 0 Å². The Morgan fingerprint density at radius 2 is 1.73 bits per heavy atom. The number of hydrogen-bond donors (Lipinski definition) is 2. The Hall–Kier alpha value is -4.16. The van der Waals surface area contributed by atoms with Gasteiger partial charge < -0.3 is 10.1 Å². The van der Waals surface area contributed by atoms with Gasteiger partial charge >= 0.3 is 5.97 Å². The van der Waals surface area contributed by atoms with Gasteiger partial charge in [0.05, 0.1) is 39.4 Å². The monoisotopic (exact) mass is 472 g/mol. The Morgan fingerprint density at radius 1 is 1.00 bits per heavy atom. The zero-order valence-corrected chi connectivity index (χ0v) is 16.9. The predicted octanol–water partition coefficient (Wildman–Crippen LogP) is 5.64. The van der Waals surface area contributed by atoms with Gasteiger partial charge in [0.1, 0.15) is 11.6 Å². The van der Waals surface area contributed by atoms with Crippen LogP contribution in [0.4, 0.5) is 17.6 Å². The van der Waals surface area contributed by atoms with Gasteiger partial charge in [-0.15, -0.1) is 0 Å². The molecule has 164 valence electrons. The maximum Gasteiger partial charge on any atom is 0.338 e. The molecule has 0 bridgehead atoms. The molecule has 33 heavy (non-hydrogen) atoms. The van der Waals surface area contributed by atoms with E-state index in [0.29, 0.717) is 12.1 Å². The number of nitrogens with zero attached hydrogens (tertiary/aromatic N) is 1. The molecule has 0 saturated heterocycles. The van der Waals surface area contributed by atoms with Gasteiger partial charge in [-0.2, -0.15) is 5.26 Å². The third-order valence-corrected chi connectivity index (χ3v) is 5.27. The zero-order chi connectivity index (χ0) is 24.0. The molecular weight excluding hydrogens is 464 g/mol. The summed E-state index contributed by atoms with van der Waals surface area (Å²) in [7, 11) is 0. The molecular formula is C23H9ClF4N2O3. The predicted molar refractivity (Wildman–Crippen MR) is 112 cm³/mol. The third kappa shape index (κ3) is 3.70. The smallest absolute Gasteiger partial charge is 0.338 e. The molecule has 0 unspecified atom stereocenters. The number of benzene rings is 3. The van der Waals surface area contributed by atoms with E-state index in [1.807, 2.05) is 6.07 Å². The Labute approximate surface area is 187 Å². The lowest BCUT2D eigenvalue weighted by Crippen LogP contribution is -2.09. The number of hydrogen-bond acceptors (Lipinski definition) is 3. The van der Waals surface area contributed by atoms with E-state index in [1.54, 1.807) is 0 Å². The van der Waals surface area contributed by atoms with Gasteiger partial charge in [-0.25, -0.2) is 22.4 Å². The summed E-state index contributed by atoms with van der Waals surface area (Å²) in [6, 6.07) is 8.93. The van der Waals surface area contributed by atoms with Crippen molar-refractivity contribution >= 4 is 28.5 Å². The van der Waals surface area contributed by atoms with Crippen LogP contribution in [0.1, 0.15) is 15.9 Å². The van der Waals surface area contributed by atoms with Crippen molar-refractivity contribution in [3.63, 3.8) is 0 Å². The minimum Gasteiger partial charge on any atom is -0.478 e. The first-order valence-corrected chi connectivity index (χ1v) is 9.48. The number of aromatic carboxylic acids is 1. The summed E-state index contributed by atoms with van der Waals surface area (Å²) in [5, 5.41) is 17.7. The SMILES string of the molecule is N#Cc1ccc(Cl)c(-c2cc(=O)c3c(F)c(-c4cc(F)c(F)c(C(=O)O)c4)c(F)cc3[nH]2)c1. The number of carboxylic acids is 1. The molecule has 2 N–H and O–H groups in total. The molecule has 5 nitrogen and oxygen atoms in total. The highest BCUT2D eigenvalue weighted by atomic mass is 35.5. The first-order valence-electron chi connectivity index (χ1n) is 9.10.